The van der Waals surface area contributed by atoms with E-state index in [0.29, 0.717) is 15.8 Å². The maximum Gasteiger partial charge on any atom is 0.262 e. The van der Waals surface area contributed by atoms with Crippen molar-refractivity contribution in [3.8, 4) is 5.75 Å². The Hall–Kier alpha value is -2.05. The molecule has 1 aromatic carbocycles. The van der Waals surface area contributed by atoms with Gasteiger partial charge in [-0.05, 0) is 42.1 Å². The third-order valence-corrected chi connectivity index (χ3v) is 3.94. The first kappa shape index (κ1) is 15.3. The number of carbonyl (C=O) groups is 2. The van der Waals surface area contributed by atoms with E-state index in [-0.39, 0.29) is 18.1 Å². The summed E-state index contributed by atoms with van der Waals surface area (Å²) in [6.45, 7) is 1.68. The van der Waals surface area contributed by atoms with Gasteiger partial charge in [-0.1, -0.05) is 11.6 Å². The lowest BCUT2D eigenvalue weighted by Gasteiger charge is -2.08. The normalized spacial score (nSPS) is 10.2. The molecule has 0 saturated heterocycles. The first-order valence-corrected chi connectivity index (χ1v) is 7.29. The summed E-state index contributed by atoms with van der Waals surface area (Å²) < 4.78 is 5.37. The van der Waals surface area contributed by atoms with Crippen molar-refractivity contribution in [2.24, 2.45) is 5.73 Å². The van der Waals surface area contributed by atoms with Crippen LogP contribution in [-0.4, -0.2) is 18.4 Å². The van der Waals surface area contributed by atoms with Crippen molar-refractivity contribution in [1.29, 1.82) is 0 Å². The molecule has 0 radical (unpaired) electrons. The second-order valence-electron chi connectivity index (χ2n) is 4.28. The number of anilines is 1. The van der Waals surface area contributed by atoms with Crippen LogP contribution >= 0.6 is 22.9 Å². The summed E-state index contributed by atoms with van der Waals surface area (Å²) in [5.41, 5.74) is 6.36. The number of amides is 2. The van der Waals surface area contributed by atoms with Gasteiger partial charge in [-0.3, -0.25) is 9.59 Å². The molecule has 7 heteroatoms. The molecule has 1 aromatic heterocycles. The van der Waals surface area contributed by atoms with E-state index in [1.807, 2.05) is 6.92 Å². The molecule has 110 valence electrons. The molecule has 2 aromatic rings. The molecule has 0 fully saturated rings. The molecular formula is C14H13ClN2O3S. The molecule has 21 heavy (non-hydrogen) atoms. The first-order valence-electron chi connectivity index (χ1n) is 6.03. The molecule has 0 aliphatic carbocycles. The summed E-state index contributed by atoms with van der Waals surface area (Å²) in [6, 6.07) is 6.69. The van der Waals surface area contributed by atoms with Gasteiger partial charge in [0, 0.05) is 5.02 Å². The van der Waals surface area contributed by atoms with E-state index in [0.717, 1.165) is 5.56 Å². The van der Waals surface area contributed by atoms with Crippen LogP contribution < -0.4 is 15.8 Å². The fourth-order valence-corrected chi connectivity index (χ4v) is 2.54. The van der Waals surface area contributed by atoms with Crippen molar-refractivity contribution < 1.29 is 14.3 Å². The highest BCUT2D eigenvalue weighted by molar-refractivity contribution is 7.14. The van der Waals surface area contributed by atoms with E-state index in [1.54, 1.807) is 29.6 Å². The quantitative estimate of drug-likeness (QED) is 0.887. The Kier molecular flexibility index (Phi) is 4.82. The van der Waals surface area contributed by atoms with Gasteiger partial charge in [0.2, 0.25) is 0 Å². The van der Waals surface area contributed by atoms with E-state index in [4.69, 9.17) is 22.1 Å². The highest BCUT2D eigenvalue weighted by Crippen LogP contribution is 2.23. The third kappa shape index (κ3) is 3.96. The first-order chi connectivity index (χ1) is 9.97. The summed E-state index contributed by atoms with van der Waals surface area (Å²) in [5, 5.41) is 5.33. The maximum atomic E-state index is 11.8. The van der Waals surface area contributed by atoms with E-state index >= 15 is 0 Å². The Balaban J connectivity index is 1.94. The number of nitrogens with one attached hydrogen (secondary N) is 1. The molecular weight excluding hydrogens is 312 g/mol. The molecule has 0 atom stereocenters. The van der Waals surface area contributed by atoms with Gasteiger partial charge < -0.3 is 15.8 Å². The van der Waals surface area contributed by atoms with Crippen molar-refractivity contribution in [1.82, 2.24) is 0 Å². The lowest BCUT2D eigenvalue weighted by Crippen LogP contribution is -2.21. The summed E-state index contributed by atoms with van der Waals surface area (Å²) in [7, 11) is 0. The summed E-state index contributed by atoms with van der Waals surface area (Å²) in [5.74, 6) is -0.401. The van der Waals surface area contributed by atoms with Gasteiger partial charge in [0.15, 0.2) is 6.61 Å². The number of aryl methyl sites for hydroxylation is 1. The number of hydrogen-bond donors (Lipinski definition) is 2. The average Bonchev–Trinajstić information content (AvgIpc) is 2.88. The molecule has 0 unspecified atom stereocenters. The van der Waals surface area contributed by atoms with Gasteiger partial charge in [-0.25, -0.2) is 0 Å². The van der Waals surface area contributed by atoms with Crippen molar-refractivity contribution >= 4 is 39.8 Å². The van der Waals surface area contributed by atoms with E-state index in [2.05, 4.69) is 5.32 Å². The Bertz CT molecular complexity index is 685. The summed E-state index contributed by atoms with van der Waals surface area (Å²) in [6.07, 6.45) is 0. The van der Waals surface area contributed by atoms with Gasteiger partial charge in [-0.15, -0.1) is 11.3 Å². The second kappa shape index (κ2) is 6.60. The number of nitrogens with two attached hydrogens (primary N) is 1. The molecule has 0 aliphatic rings. The molecule has 0 spiro atoms. The molecule has 2 amide bonds. The number of halogens is 1. The second-order valence-corrected chi connectivity index (χ2v) is 5.60. The van der Waals surface area contributed by atoms with Gasteiger partial charge >= 0.3 is 0 Å². The Morgan fingerprint density at radius 3 is 2.81 bits per heavy atom. The minimum Gasteiger partial charge on any atom is -0.484 e. The van der Waals surface area contributed by atoms with Crippen LogP contribution in [-0.2, 0) is 4.79 Å². The number of primary amides is 1. The zero-order valence-electron chi connectivity index (χ0n) is 11.2. The zero-order chi connectivity index (χ0) is 15.4. The topological polar surface area (TPSA) is 81.4 Å². The van der Waals surface area contributed by atoms with E-state index < -0.39 is 5.91 Å². The molecule has 3 N–H and O–H groups in total. The lowest BCUT2D eigenvalue weighted by molar-refractivity contribution is -0.118. The molecule has 2 rings (SSSR count). The molecule has 0 saturated carbocycles. The van der Waals surface area contributed by atoms with Crippen LogP contribution in [0.1, 0.15) is 15.9 Å². The largest absolute Gasteiger partial charge is 0.484 e. The Morgan fingerprint density at radius 2 is 2.14 bits per heavy atom. The lowest BCUT2D eigenvalue weighted by atomic mass is 10.2. The van der Waals surface area contributed by atoms with Gasteiger partial charge in [0.05, 0.1) is 5.56 Å². The standard InChI is InChI=1S/C14H13ClN2O3S/c1-8-6-9(2-3-11(8)15)20-7-12(18)17-14-10(13(16)19)4-5-21-14/h2-6H,7H2,1H3,(H2,16,19)(H,17,18). The van der Waals surface area contributed by atoms with Crippen LogP contribution in [0.2, 0.25) is 5.02 Å². The van der Waals surface area contributed by atoms with Crippen LogP contribution in [0, 0.1) is 6.92 Å². The van der Waals surface area contributed by atoms with Crippen molar-refractivity contribution in [3.63, 3.8) is 0 Å². The summed E-state index contributed by atoms with van der Waals surface area (Å²) in [4.78, 5) is 22.9. The van der Waals surface area contributed by atoms with Crippen LogP contribution in [0.3, 0.4) is 0 Å². The van der Waals surface area contributed by atoms with Gasteiger partial charge in [0.1, 0.15) is 10.8 Å². The molecule has 5 nitrogen and oxygen atoms in total. The van der Waals surface area contributed by atoms with Crippen LogP contribution in [0.5, 0.6) is 5.75 Å². The number of rotatable bonds is 5. The molecule has 0 aliphatic heterocycles. The van der Waals surface area contributed by atoms with Crippen LogP contribution in [0.15, 0.2) is 29.6 Å². The number of carbonyl (C=O) groups excluding carboxylic acids is 2. The van der Waals surface area contributed by atoms with Crippen molar-refractivity contribution in [3.05, 3.63) is 45.8 Å². The van der Waals surface area contributed by atoms with Crippen LogP contribution in [0.25, 0.3) is 0 Å². The highest BCUT2D eigenvalue weighted by atomic mass is 35.5. The van der Waals surface area contributed by atoms with Gasteiger partial charge in [-0.2, -0.15) is 0 Å². The monoisotopic (exact) mass is 324 g/mol. The highest BCUT2D eigenvalue weighted by Gasteiger charge is 2.12. The fraction of sp³-hybridized carbons (Fsp3) is 0.143. The number of benzene rings is 1. The Morgan fingerprint density at radius 1 is 1.38 bits per heavy atom. The Labute approximate surface area is 130 Å². The van der Waals surface area contributed by atoms with Gasteiger partial charge in [0.25, 0.3) is 11.8 Å². The predicted octanol–water partition coefficient (Wildman–Crippen LogP) is 2.83. The van der Waals surface area contributed by atoms with Crippen LogP contribution in [0.4, 0.5) is 5.00 Å². The molecule has 0 bridgehead atoms. The predicted molar refractivity (Wildman–Crippen MR) is 83.2 cm³/mol. The minimum absolute atomic E-state index is 0.169. The number of ether oxygens (including phenoxy) is 1. The minimum atomic E-state index is -0.583. The SMILES string of the molecule is Cc1cc(OCC(=O)Nc2sccc2C(N)=O)ccc1Cl. The summed E-state index contributed by atoms with van der Waals surface area (Å²) >= 11 is 7.13. The third-order valence-electron chi connectivity index (χ3n) is 2.68. The van der Waals surface area contributed by atoms with Crippen molar-refractivity contribution in [2.45, 2.75) is 6.92 Å². The smallest absolute Gasteiger partial charge is 0.262 e. The zero-order valence-corrected chi connectivity index (χ0v) is 12.8. The number of thiophene rings is 1. The fourth-order valence-electron chi connectivity index (χ4n) is 1.62. The van der Waals surface area contributed by atoms with E-state index in [1.165, 1.54) is 11.3 Å². The molecule has 1 heterocycles. The van der Waals surface area contributed by atoms with E-state index in [9.17, 15) is 9.59 Å². The number of hydrogen-bond acceptors (Lipinski definition) is 4. The van der Waals surface area contributed by atoms with Crippen molar-refractivity contribution in [2.75, 3.05) is 11.9 Å². The average molecular weight is 325 g/mol. The maximum absolute atomic E-state index is 11.8.